The summed E-state index contributed by atoms with van der Waals surface area (Å²) < 4.78 is 0. The SMILES string of the molecule is O=C(NO)c1cccc(C(=O)N/N=C/c2ccc(-c3ccccc3)cc2)c1. The molecule has 2 amide bonds. The Morgan fingerprint density at radius 1 is 0.778 bits per heavy atom. The van der Waals surface area contributed by atoms with Gasteiger partial charge in [-0.1, -0.05) is 60.7 Å². The van der Waals surface area contributed by atoms with Gasteiger partial charge in [0.1, 0.15) is 0 Å². The van der Waals surface area contributed by atoms with E-state index >= 15 is 0 Å². The van der Waals surface area contributed by atoms with Crippen LogP contribution in [0.5, 0.6) is 0 Å². The number of amides is 2. The van der Waals surface area contributed by atoms with E-state index in [1.165, 1.54) is 23.8 Å². The molecule has 0 bridgehead atoms. The average Bonchev–Trinajstić information content (AvgIpc) is 2.74. The molecule has 3 rings (SSSR count). The van der Waals surface area contributed by atoms with Crippen LogP contribution < -0.4 is 10.9 Å². The smallest absolute Gasteiger partial charge is 0.274 e. The van der Waals surface area contributed by atoms with Crippen LogP contribution >= 0.6 is 0 Å². The first kappa shape index (κ1) is 18.0. The number of benzene rings is 3. The zero-order valence-electron chi connectivity index (χ0n) is 14.3. The summed E-state index contributed by atoms with van der Waals surface area (Å²) in [7, 11) is 0. The van der Waals surface area contributed by atoms with E-state index in [0.717, 1.165) is 16.7 Å². The second kappa shape index (κ2) is 8.55. The number of nitrogens with zero attached hydrogens (tertiary/aromatic N) is 1. The predicted molar refractivity (Wildman–Crippen MR) is 103 cm³/mol. The number of carbonyl (C=O) groups is 2. The summed E-state index contributed by atoms with van der Waals surface area (Å²) in [5.74, 6) is -1.15. The Morgan fingerprint density at radius 3 is 2.07 bits per heavy atom. The van der Waals surface area contributed by atoms with Crippen molar-refractivity contribution in [1.29, 1.82) is 0 Å². The van der Waals surface area contributed by atoms with Gasteiger partial charge in [-0.15, -0.1) is 0 Å². The van der Waals surface area contributed by atoms with Crippen LogP contribution in [0.3, 0.4) is 0 Å². The monoisotopic (exact) mass is 359 g/mol. The van der Waals surface area contributed by atoms with Gasteiger partial charge < -0.3 is 0 Å². The first-order valence-corrected chi connectivity index (χ1v) is 8.21. The van der Waals surface area contributed by atoms with Crippen LogP contribution in [0.25, 0.3) is 11.1 Å². The first-order valence-electron chi connectivity index (χ1n) is 8.21. The zero-order chi connectivity index (χ0) is 19.1. The van der Waals surface area contributed by atoms with Crippen molar-refractivity contribution in [3.8, 4) is 11.1 Å². The van der Waals surface area contributed by atoms with Crippen LogP contribution in [0.1, 0.15) is 26.3 Å². The highest BCUT2D eigenvalue weighted by Gasteiger charge is 2.09. The quantitative estimate of drug-likeness (QED) is 0.371. The van der Waals surface area contributed by atoms with Gasteiger partial charge in [0, 0.05) is 11.1 Å². The van der Waals surface area contributed by atoms with Crippen LogP contribution in [-0.2, 0) is 0 Å². The van der Waals surface area contributed by atoms with E-state index in [1.807, 2.05) is 54.6 Å². The normalized spacial score (nSPS) is 10.6. The van der Waals surface area contributed by atoms with Gasteiger partial charge in [-0.2, -0.15) is 5.10 Å². The van der Waals surface area contributed by atoms with Crippen molar-refractivity contribution in [2.75, 3.05) is 0 Å². The topological polar surface area (TPSA) is 90.8 Å². The molecule has 0 unspecified atom stereocenters. The Hall–Kier alpha value is -3.77. The number of rotatable bonds is 5. The van der Waals surface area contributed by atoms with Crippen molar-refractivity contribution in [2.45, 2.75) is 0 Å². The summed E-state index contributed by atoms with van der Waals surface area (Å²) in [6.45, 7) is 0. The van der Waals surface area contributed by atoms with Gasteiger partial charge in [-0.05, 0) is 34.9 Å². The molecule has 6 nitrogen and oxygen atoms in total. The minimum absolute atomic E-state index is 0.172. The lowest BCUT2D eigenvalue weighted by molar-refractivity contribution is 0.0706. The third-order valence-electron chi connectivity index (χ3n) is 3.89. The largest absolute Gasteiger partial charge is 0.288 e. The van der Waals surface area contributed by atoms with Gasteiger partial charge in [-0.3, -0.25) is 14.8 Å². The summed E-state index contributed by atoms with van der Waals surface area (Å²) in [5, 5.41) is 12.6. The maximum absolute atomic E-state index is 12.1. The summed E-state index contributed by atoms with van der Waals surface area (Å²) in [6, 6.07) is 23.7. The van der Waals surface area contributed by atoms with E-state index in [1.54, 1.807) is 12.1 Å². The number of hydrogen-bond acceptors (Lipinski definition) is 4. The van der Waals surface area contributed by atoms with Crippen LogP contribution in [-0.4, -0.2) is 23.2 Å². The van der Waals surface area contributed by atoms with Gasteiger partial charge in [0.25, 0.3) is 11.8 Å². The molecule has 0 saturated heterocycles. The van der Waals surface area contributed by atoms with Gasteiger partial charge in [-0.25, -0.2) is 10.9 Å². The minimum Gasteiger partial charge on any atom is -0.288 e. The molecule has 134 valence electrons. The fraction of sp³-hybridized carbons (Fsp3) is 0. The Balaban J connectivity index is 1.63. The van der Waals surface area contributed by atoms with Gasteiger partial charge in [0.05, 0.1) is 6.21 Å². The average molecular weight is 359 g/mol. The molecule has 0 aliphatic carbocycles. The van der Waals surface area contributed by atoms with Crippen molar-refractivity contribution in [3.05, 3.63) is 95.6 Å². The maximum atomic E-state index is 12.1. The fourth-order valence-corrected chi connectivity index (χ4v) is 2.49. The van der Waals surface area contributed by atoms with Crippen molar-refractivity contribution in [3.63, 3.8) is 0 Å². The van der Waals surface area contributed by atoms with Crippen LogP contribution in [0.15, 0.2) is 84.0 Å². The molecule has 27 heavy (non-hydrogen) atoms. The van der Waals surface area contributed by atoms with Crippen LogP contribution in [0.2, 0.25) is 0 Å². The summed E-state index contributed by atoms with van der Waals surface area (Å²) in [6.07, 6.45) is 1.54. The number of nitrogens with one attached hydrogen (secondary N) is 2. The number of hydrogen-bond donors (Lipinski definition) is 3. The first-order chi connectivity index (χ1) is 13.2. The molecule has 0 radical (unpaired) electrons. The molecule has 0 aromatic heterocycles. The van der Waals surface area contributed by atoms with Crippen LogP contribution in [0, 0.1) is 0 Å². The molecule has 0 spiro atoms. The Bertz CT molecular complexity index is 967. The third-order valence-corrected chi connectivity index (χ3v) is 3.89. The number of hydroxylamine groups is 1. The van der Waals surface area contributed by atoms with E-state index in [9.17, 15) is 9.59 Å². The lowest BCUT2D eigenvalue weighted by Gasteiger charge is -2.03. The fourth-order valence-electron chi connectivity index (χ4n) is 2.49. The second-order valence-corrected chi connectivity index (χ2v) is 5.71. The standard InChI is InChI=1S/C21H17N3O3/c25-20(18-7-4-8-19(13-18)21(26)24-27)23-22-14-15-9-11-17(12-10-15)16-5-2-1-3-6-16/h1-14,27H,(H,23,25)(H,24,26)/b22-14+. The molecule has 0 heterocycles. The Labute approximate surface area is 156 Å². The lowest BCUT2D eigenvalue weighted by atomic mass is 10.0. The summed E-state index contributed by atoms with van der Waals surface area (Å²) in [4.78, 5) is 23.5. The Morgan fingerprint density at radius 2 is 1.41 bits per heavy atom. The molecule has 0 atom stereocenters. The summed E-state index contributed by atoms with van der Waals surface area (Å²) in [5.41, 5.74) is 7.43. The van der Waals surface area contributed by atoms with Crippen molar-refractivity contribution in [1.82, 2.24) is 10.9 Å². The molecule has 0 fully saturated rings. The molecule has 6 heteroatoms. The molecular weight excluding hydrogens is 342 g/mol. The lowest BCUT2D eigenvalue weighted by Crippen LogP contribution is -2.21. The highest BCUT2D eigenvalue weighted by Crippen LogP contribution is 2.18. The molecule has 0 aliphatic rings. The molecule has 3 aromatic carbocycles. The van der Waals surface area contributed by atoms with E-state index in [0.29, 0.717) is 0 Å². The van der Waals surface area contributed by atoms with Gasteiger partial charge in [0.15, 0.2) is 0 Å². The highest BCUT2D eigenvalue weighted by molar-refractivity contribution is 5.99. The van der Waals surface area contributed by atoms with E-state index in [-0.39, 0.29) is 11.1 Å². The number of hydrazone groups is 1. The van der Waals surface area contributed by atoms with E-state index in [2.05, 4.69) is 10.5 Å². The second-order valence-electron chi connectivity index (χ2n) is 5.71. The maximum Gasteiger partial charge on any atom is 0.274 e. The molecular formula is C21H17N3O3. The third kappa shape index (κ3) is 4.65. The minimum atomic E-state index is -0.688. The van der Waals surface area contributed by atoms with E-state index in [4.69, 9.17) is 5.21 Å². The van der Waals surface area contributed by atoms with Crippen molar-refractivity contribution < 1.29 is 14.8 Å². The van der Waals surface area contributed by atoms with Crippen LogP contribution in [0.4, 0.5) is 0 Å². The van der Waals surface area contributed by atoms with Gasteiger partial charge >= 0.3 is 0 Å². The van der Waals surface area contributed by atoms with Crippen molar-refractivity contribution in [2.24, 2.45) is 5.10 Å². The molecule has 0 aliphatic heterocycles. The Kier molecular flexibility index (Phi) is 5.71. The van der Waals surface area contributed by atoms with E-state index < -0.39 is 11.8 Å². The predicted octanol–water partition coefficient (Wildman–Crippen LogP) is 3.24. The van der Waals surface area contributed by atoms with Crippen molar-refractivity contribution >= 4 is 18.0 Å². The summed E-state index contributed by atoms with van der Waals surface area (Å²) >= 11 is 0. The van der Waals surface area contributed by atoms with Gasteiger partial charge in [0.2, 0.25) is 0 Å². The number of carbonyl (C=O) groups excluding carboxylic acids is 2. The highest BCUT2D eigenvalue weighted by atomic mass is 16.5. The zero-order valence-corrected chi connectivity index (χ0v) is 14.3. The molecule has 0 saturated carbocycles. The molecule has 3 N–H and O–H groups in total. The molecule has 3 aromatic rings.